The molecule has 2 aliphatic rings. The molecule has 1 aromatic heterocycles. The molecule has 0 radical (unpaired) electrons. The number of hydrazone groups is 1. The molecule has 0 fully saturated rings. The second-order valence-corrected chi connectivity index (χ2v) is 8.50. The molecule has 2 aliphatic heterocycles. The molecule has 5 rings (SSSR count). The standard InChI is InChI=1S/C24H17F2N5OS/c1-13-10-15(14(2)30(13)17-7-5-6-16(25)12-17)11-19-21(27)31-24(28-22(19)32)33-23(29-31)18-8-3-4-9-20(18)26/h3-12,27H,1-2H3. The molecule has 0 saturated carbocycles. The van der Waals surface area contributed by atoms with Crippen molar-refractivity contribution in [2.45, 2.75) is 13.8 Å². The van der Waals surface area contributed by atoms with Gasteiger partial charge in [-0.15, -0.1) is 0 Å². The fourth-order valence-corrected chi connectivity index (χ4v) is 4.76. The molecule has 9 heteroatoms. The Morgan fingerprint density at radius 3 is 2.61 bits per heavy atom. The highest BCUT2D eigenvalue weighted by molar-refractivity contribution is 8.27. The lowest BCUT2D eigenvalue weighted by Gasteiger charge is -2.20. The number of nitrogens with one attached hydrogen (secondary N) is 1. The van der Waals surface area contributed by atoms with Gasteiger partial charge in [0, 0.05) is 22.6 Å². The van der Waals surface area contributed by atoms with E-state index in [-0.39, 0.29) is 28.0 Å². The highest BCUT2D eigenvalue weighted by Crippen LogP contribution is 2.32. The number of hydrogen-bond donors (Lipinski definition) is 1. The number of thioether (sulfide) groups is 1. The number of benzene rings is 2. The van der Waals surface area contributed by atoms with E-state index in [0.717, 1.165) is 23.1 Å². The van der Waals surface area contributed by atoms with Crippen LogP contribution in [-0.4, -0.2) is 31.5 Å². The molecule has 0 saturated heterocycles. The summed E-state index contributed by atoms with van der Waals surface area (Å²) in [6.45, 7) is 3.74. The van der Waals surface area contributed by atoms with Crippen molar-refractivity contribution >= 4 is 39.8 Å². The Balaban J connectivity index is 1.53. The molecule has 33 heavy (non-hydrogen) atoms. The number of rotatable bonds is 3. The first kappa shape index (κ1) is 21.0. The Kier molecular flexibility index (Phi) is 5.05. The minimum Gasteiger partial charge on any atom is -0.318 e. The van der Waals surface area contributed by atoms with Crippen molar-refractivity contribution in [2.24, 2.45) is 10.1 Å². The number of amides is 1. The SMILES string of the molecule is Cc1cc(C=C2C(=N)N3N=C(c4ccccc4F)SC3=NC2=O)c(C)n1-c1cccc(F)c1. The number of aromatic nitrogens is 1. The van der Waals surface area contributed by atoms with Crippen molar-refractivity contribution in [3.63, 3.8) is 0 Å². The van der Waals surface area contributed by atoms with Gasteiger partial charge in [0.1, 0.15) is 16.7 Å². The van der Waals surface area contributed by atoms with Crippen LogP contribution < -0.4 is 0 Å². The lowest BCUT2D eigenvalue weighted by molar-refractivity contribution is -0.114. The van der Waals surface area contributed by atoms with E-state index < -0.39 is 11.7 Å². The van der Waals surface area contributed by atoms with Gasteiger partial charge in [0.25, 0.3) is 5.91 Å². The molecule has 6 nitrogen and oxygen atoms in total. The maximum Gasteiger partial charge on any atom is 0.283 e. The van der Waals surface area contributed by atoms with Gasteiger partial charge in [0.15, 0.2) is 5.84 Å². The Morgan fingerprint density at radius 1 is 1.06 bits per heavy atom. The van der Waals surface area contributed by atoms with Gasteiger partial charge in [0.2, 0.25) is 5.17 Å². The smallest absolute Gasteiger partial charge is 0.283 e. The minimum atomic E-state index is -0.570. The Labute approximate surface area is 192 Å². The average Bonchev–Trinajstić information content (AvgIpc) is 3.32. The topological polar surface area (TPSA) is 73.8 Å². The number of aliphatic imine (C=N–C) groups is 1. The maximum absolute atomic E-state index is 14.2. The molecule has 164 valence electrons. The summed E-state index contributed by atoms with van der Waals surface area (Å²) in [6.07, 6.45) is 1.59. The fourth-order valence-electron chi connectivity index (χ4n) is 3.84. The zero-order valence-corrected chi connectivity index (χ0v) is 18.5. The molecule has 0 aliphatic carbocycles. The van der Waals surface area contributed by atoms with E-state index in [1.165, 1.54) is 23.2 Å². The van der Waals surface area contributed by atoms with Crippen LogP contribution in [-0.2, 0) is 4.79 Å². The lowest BCUT2D eigenvalue weighted by atomic mass is 10.1. The normalized spacial score (nSPS) is 16.8. The van der Waals surface area contributed by atoms with Gasteiger partial charge in [0.05, 0.1) is 5.57 Å². The van der Waals surface area contributed by atoms with E-state index in [0.29, 0.717) is 16.3 Å². The van der Waals surface area contributed by atoms with Crippen LogP contribution >= 0.6 is 11.8 Å². The van der Waals surface area contributed by atoms with Crippen LogP contribution in [0.2, 0.25) is 0 Å². The van der Waals surface area contributed by atoms with E-state index in [1.54, 1.807) is 36.4 Å². The molecule has 0 atom stereocenters. The van der Waals surface area contributed by atoms with Crippen LogP contribution in [0.1, 0.15) is 22.5 Å². The number of amidine groups is 2. The zero-order valence-electron chi connectivity index (χ0n) is 17.6. The second kappa shape index (κ2) is 7.93. The van der Waals surface area contributed by atoms with Crippen molar-refractivity contribution in [1.82, 2.24) is 9.58 Å². The van der Waals surface area contributed by atoms with Crippen LogP contribution in [0.4, 0.5) is 8.78 Å². The van der Waals surface area contributed by atoms with E-state index in [2.05, 4.69) is 10.1 Å². The molecule has 0 unspecified atom stereocenters. The van der Waals surface area contributed by atoms with Crippen LogP contribution in [0.15, 0.2) is 70.3 Å². The number of hydrogen-bond acceptors (Lipinski definition) is 4. The van der Waals surface area contributed by atoms with Crippen LogP contribution in [0.25, 0.3) is 11.8 Å². The van der Waals surface area contributed by atoms with Gasteiger partial charge < -0.3 is 4.57 Å². The third kappa shape index (κ3) is 3.60. The Bertz CT molecular complexity index is 1440. The first-order valence-corrected chi connectivity index (χ1v) is 10.8. The molecule has 1 N–H and O–H groups in total. The Hall–Kier alpha value is -3.85. The molecular formula is C24H17F2N5OS. The van der Waals surface area contributed by atoms with E-state index in [9.17, 15) is 13.6 Å². The van der Waals surface area contributed by atoms with Crippen molar-refractivity contribution < 1.29 is 13.6 Å². The molecular weight excluding hydrogens is 444 g/mol. The van der Waals surface area contributed by atoms with E-state index in [1.807, 2.05) is 24.5 Å². The van der Waals surface area contributed by atoms with Crippen molar-refractivity contribution in [3.05, 3.63) is 94.3 Å². The van der Waals surface area contributed by atoms with Crippen LogP contribution in [0.5, 0.6) is 0 Å². The van der Waals surface area contributed by atoms with Gasteiger partial charge in [-0.25, -0.2) is 8.78 Å². The number of halogens is 2. The first-order chi connectivity index (χ1) is 15.8. The molecule has 3 heterocycles. The summed E-state index contributed by atoms with van der Waals surface area (Å²) in [5.74, 6) is -1.50. The highest BCUT2D eigenvalue weighted by Gasteiger charge is 2.36. The largest absolute Gasteiger partial charge is 0.318 e. The number of carbonyl (C=O) groups excluding carboxylic acids is 1. The first-order valence-electron chi connectivity index (χ1n) is 10.0. The van der Waals surface area contributed by atoms with Crippen molar-refractivity contribution in [1.29, 1.82) is 5.41 Å². The van der Waals surface area contributed by atoms with Crippen molar-refractivity contribution in [2.75, 3.05) is 0 Å². The summed E-state index contributed by atoms with van der Waals surface area (Å²) in [4.78, 5) is 16.8. The molecule has 0 spiro atoms. The Morgan fingerprint density at radius 2 is 1.85 bits per heavy atom. The monoisotopic (exact) mass is 461 g/mol. The fraction of sp³-hybridized carbons (Fsp3) is 0.0833. The summed E-state index contributed by atoms with van der Waals surface area (Å²) in [7, 11) is 0. The number of aryl methyl sites for hydroxylation is 1. The third-order valence-corrected chi connectivity index (χ3v) is 6.34. The number of carbonyl (C=O) groups is 1. The number of fused-ring (bicyclic) bond motifs is 1. The molecule has 3 aromatic rings. The predicted molar refractivity (Wildman–Crippen MR) is 126 cm³/mol. The second-order valence-electron chi connectivity index (χ2n) is 7.55. The van der Waals surface area contributed by atoms with Gasteiger partial charge in [-0.05, 0) is 73.6 Å². The average molecular weight is 461 g/mol. The predicted octanol–water partition coefficient (Wildman–Crippen LogP) is 5.04. The minimum absolute atomic E-state index is 0.0670. The van der Waals surface area contributed by atoms with E-state index >= 15 is 0 Å². The quantitative estimate of drug-likeness (QED) is 0.556. The molecule has 1 amide bonds. The van der Waals surface area contributed by atoms with Gasteiger partial charge in [-0.1, -0.05) is 18.2 Å². The third-order valence-electron chi connectivity index (χ3n) is 5.40. The van der Waals surface area contributed by atoms with Gasteiger partial charge in [-0.3, -0.25) is 10.2 Å². The zero-order chi connectivity index (χ0) is 23.3. The van der Waals surface area contributed by atoms with Crippen molar-refractivity contribution in [3.8, 4) is 5.69 Å². The molecule has 2 aromatic carbocycles. The lowest BCUT2D eigenvalue weighted by Crippen LogP contribution is -2.35. The maximum atomic E-state index is 14.2. The summed E-state index contributed by atoms with van der Waals surface area (Å²) in [6, 6.07) is 14.3. The summed E-state index contributed by atoms with van der Waals surface area (Å²) < 4.78 is 29.8. The van der Waals surface area contributed by atoms with E-state index in [4.69, 9.17) is 5.41 Å². The van der Waals surface area contributed by atoms with Crippen LogP contribution in [0.3, 0.4) is 0 Å². The summed E-state index contributed by atoms with van der Waals surface area (Å²) in [5.41, 5.74) is 3.35. The van der Waals surface area contributed by atoms with Gasteiger partial charge >= 0.3 is 0 Å². The van der Waals surface area contributed by atoms with Gasteiger partial charge in [-0.2, -0.15) is 15.1 Å². The summed E-state index contributed by atoms with van der Waals surface area (Å²) >= 11 is 1.04. The highest BCUT2D eigenvalue weighted by atomic mass is 32.2. The molecule has 0 bridgehead atoms. The van der Waals surface area contributed by atoms with Crippen LogP contribution in [0, 0.1) is 30.9 Å². The number of nitrogens with zero attached hydrogens (tertiary/aromatic N) is 4. The summed E-state index contributed by atoms with van der Waals surface area (Å²) in [5, 5.41) is 14.7.